The van der Waals surface area contributed by atoms with Crippen LogP contribution in [0.1, 0.15) is 32.6 Å². The summed E-state index contributed by atoms with van der Waals surface area (Å²) in [5, 5.41) is 14.3. The summed E-state index contributed by atoms with van der Waals surface area (Å²) in [6.07, 6.45) is 1.56. The van der Waals surface area contributed by atoms with E-state index in [4.69, 9.17) is 14.3 Å². The minimum atomic E-state index is -0.360. The van der Waals surface area contributed by atoms with Gasteiger partial charge in [-0.1, -0.05) is 13.8 Å². The van der Waals surface area contributed by atoms with Crippen LogP contribution in [-0.2, 0) is 4.74 Å². The Labute approximate surface area is 119 Å². The van der Waals surface area contributed by atoms with Crippen molar-refractivity contribution in [2.45, 2.75) is 32.9 Å². The minimum Gasteiger partial charge on any atom is -0.467 e. The first kappa shape index (κ1) is 16.5. The molecule has 114 valence electrons. The van der Waals surface area contributed by atoms with E-state index in [1.54, 1.807) is 25.3 Å². The second-order valence-corrected chi connectivity index (χ2v) is 5.20. The Morgan fingerprint density at radius 2 is 2.10 bits per heavy atom. The molecule has 1 heterocycles. The molecule has 3 N–H and O–H groups in total. The van der Waals surface area contributed by atoms with E-state index in [2.05, 4.69) is 24.5 Å². The van der Waals surface area contributed by atoms with Crippen molar-refractivity contribution in [2.24, 2.45) is 5.92 Å². The Kier molecular flexibility index (Phi) is 7.11. The van der Waals surface area contributed by atoms with E-state index >= 15 is 0 Å². The number of carbonyl (C=O) groups is 1. The number of nitrogens with one attached hydrogen (secondary N) is 2. The number of hydrogen-bond acceptors (Lipinski definition) is 4. The van der Waals surface area contributed by atoms with Crippen LogP contribution in [0.15, 0.2) is 22.8 Å². The summed E-state index contributed by atoms with van der Waals surface area (Å²) in [4.78, 5) is 11.8. The molecule has 0 spiro atoms. The maximum Gasteiger partial charge on any atom is 0.315 e. The summed E-state index contributed by atoms with van der Waals surface area (Å²) in [7, 11) is 0. The summed E-state index contributed by atoms with van der Waals surface area (Å²) in [5.41, 5.74) is 0. The Morgan fingerprint density at radius 1 is 1.35 bits per heavy atom. The second-order valence-electron chi connectivity index (χ2n) is 5.20. The lowest BCUT2D eigenvalue weighted by Gasteiger charge is -2.19. The Balaban J connectivity index is 2.52. The smallest absolute Gasteiger partial charge is 0.315 e. The highest BCUT2D eigenvalue weighted by molar-refractivity contribution is 5.74. The van der Waals surface area contributed by atoms with Crippen molar-refractivity contribution >= 4 is 6.03 Å². The third-order valence-corrected chi connectivity index (χ3v) is 2.58. The standard InChI is InChI=1S/C14H24N2O4/c1-10(2)8-19-9-12(13-5-4-6-20-13)16-14(18)15-11(3)7-17/h4-6,10-12,17H,7-9H2,1-3H3,(H2,15,16,18)/t11-,12?/m0/s1. The van der Waals surface area contributed by atoms with Gasteiger partial charge in [-0.3, -0.25) is 0 Å². The molecule has 2 atom stereocenters. The van der Waals surface area contributed by atoms with E-state index in [9.17, 15) is 4.79 Å². The fourth-order valence-corrected chi connectivity index (χ4v) is 1.58. The van der Waals surface area contributed by atoms with Crippen LogP contribution in [0, 0.1) is 5.92 Å². The van der Waals surface area contributed by atoms with E-state index in [0.29, 0.717) is 24.9 Å². The number of aliphatic hydroxyl groups is 1. The molecule has 0 saturated heterocycles. The highest BCUT2D eigenvalue weighted by atomic mass is 16.5. The van der Waals surface area contributed by atoms with Crippen molar-refractivity contribution < 1.29 is 19.1 Å². The van der Waals surface area contributed by atoms with Crippen molar-refractivity contribution in [3.63, 3.8) is 0 Å². The summed E-state index contributed by atoms with van der Waals surface area (Å²) in [5.74, 6) is 1.07. The van der Waals surface area contributed by atoms with Gasteiger partial charge in [-0.05, 0) is 25.0 Å². The Bertz CT molecular complexity index is 379. The molecule has 20 heavy (non-hydrogen) atoms. The first-order chi connectivity index (χ1) is 9.52. The molecule has 0 aromatic carbocycles. The van der Waals surface area contributed by atoms with Crippen molar-refractivity contribution in [3.05, 3.63) is 24.2 Å². The quantitative estimate of drug-likeness (QED) is 0.678. The van der Waals surface area contributed by atoms with Gasteiger partial charge >= 0.3 is 6.03 Å². The van der Waals surface area contributed by atoms with Crippen molar-refractivity contribution in [1.82, 2.24) is 10.6 Å². The van der Waals surface area contributed by atoms with Gasteiger partial charge in [-0.15, -0.1) is 0 Å². The average molecular weight is 284 g/mol. The number of hydrogen-bond donors (Lipinski definition) is 3. The first-order valence-electron chi connectivity index (χ1n) is 6.82. The van der Waals surface area contributed by atoms with Gasteiger partial charge in [0.1, 0.15) is 11.8 Å². The SMILES string of the molecule is CC(C)COCC(NC(=O)N[C@@H](C)CO)c1ccco1. The van der Waals surface area contributed by atoms with Crippen LogP contribution < -0.4 is 10.6 Å². The number of furan rings is 1. The van der Waals surface area contributed by atoms with Gasteiger partial charge in [0.2, 0.25) is 0 Å². The molecule has 0 aliphatic carbocycles. The molecular formula is C14H24N2O4. The van der Waals surface area contributed by atoms with Crippen LogP contribution in [0.4, 0.5) is 4.79 Å². The molecule has 1 aromatic heterocycles. The summed E-state index contributed by atoms with van der Waals surface area (Å²) < 4.78 is 10.9. The van der Waals surface area contributed by atoms with Gasteiger partial charge in [-0.2, -0.15) is 0 Å². The zero-order chi connectivity index (χ0) is 15.0. The number of carbonyl (C=O) groups excluding carboxylic acids is 1. The third-order valence-electron chi connectivity index (χ3n) is 2.58. The molecule has 1 rings (SSSR count). The van der Waals surface area contributed by atoms with Crippen LogP contribution in [0.2, 0.25) is 0 Å². The molecule has 0 aliphatic heterocycles. The number of urea groups is 1. The van der Waals surface area contributed by atoms with Gasteiger partial charge in [0.15, 0.2) is 0 Å². The zero-order valence-corrected chi connectivity index (χ0v) is 12.3. The monoisotopic (exact) mass is 284 g/mol. The zero-order valence-electron chi connectivity index (χ0n) is 12.3. The fraction of sp³-hybridized carbons (Fsp3) is 0.643. The Morgan fingerprint density at radius 3 is 2.65 bits per heavy atom. The summed E-state index contributed by atoms with van der Waals surface area (Å²) in [6.45, 7) is 6.69. The lowest BCUT2D eigenvalue weighted by Crippen LogP contribution is -2.44. The van der Waals surface area contributed by atoms with Crippen molar-refractivity contribution in [3.8, 4) is 0 Å². The topological polar surface area (TPSA) is 83.7 Å². The van der Waals surface area contributed by atoms with Crippen molar-refractivity contribution in [2.75, 3.05) is 19.8 Å². The van der Waals surface area contributed by atoms with Gasteiger partial charge in [0, 0.05) is 6.61 Å². The molecule has 0 bridgehead atoms. The number of rotatable bonds is 8. The average Bonchev–Trinajstić information content (AvgIpc) is 2.90. The molecule has 0 aliphatic rings. The molecule has 0 radical (unpaired) electrons. The molecular weight excluding hydrogens is 260 g/mol. The predicted octanol–water partition coefficient (Wildman–Crippen LogP) is 1.67. The number of ether oxygens (including phenoxy) is 1. The van der Waals surface area contributed by atoms with E-state index in [-0.39, 0.29) is 24.7 Å². The number of amides is 2. The maximum atomic E-state index is 11.8. The van der Waals surface area contributed by atoms with Crippen LogP contribution in [0.25, 0.3) is 0 Å². The molecule has 0 saturated carbocycles. The van der Waals surface area contributed by atoms with Crippen molar-refractivity contribution in [1.29, 1.82) is 0 Å². The summed E-state index contributed by atoms with van der Waals surface area (Å²) >= 11 is 0. The lowest BCUT2D eigenvalue weighted by molar-refractivity contribution is 0.0865. The van der Waals surface area contributed by atoms with E-state index in [0.717, 1.165) is 0 Å². The maximum absolute atomic E-state index is 11.8. The fourth-order valence-electron chi connectivity index (χ4n) is 1.58. The highest BCUT2D eigenvalue weighted by Gasteiger charge is 2.18. The minimum absolute atomic E-state index is 0.108. The lowest BCUT2D eigenvalue weighted by atomic mass is 10.2. The molecule has 2 amide bonds. The van der Waals surface area contributed by atoms with E-state index in [1.165, 1.54) is 0 Å². The first-order valence-corrected chi connectivity index (χ1v) is 6.82. The van der Waals surface area contributed by atoms with E-state index in [1.807, 2.05) is 0 Å². The van der Waals surface area contributed by atoms with Gasteiger partial charge in [0.05, 0.1) is 25.5 Å². The van der Waals surface area contributed by atoms with Gasteiger partial charge in [0.25, 0.3) is 0 Å². The van der Waals surface area contributed by atoms with Crippen LogP contribution in [0.5, 0.6) is 0 Å². The Hall–Kier alpha value is -1.53. The second kappa shape index (κ2) is 8.60. The van der Waals surface area contributed by atoms with Gasteiger partial charge < -0.3 is 24.9 Å². The predicted molar refractivity (Wildman–Crippen MR) is 75.3 cm³/mol. The molecule has 6 nitrogen and oxygen atoms in total. The molecule has 1 aromatic rings. The number of aliphatic hydroxyl groups excluding tert-OH is 1. The normalized spacial score (nSPS) is 14.1. The van der Waals surface area contributed by atoms with E-state index < -0.39 is 0 Å². The largest absolute Gasteiger partial charge is 0.467 e. The summed E-state index contributed by atoms with van der Waals surface area (Å²) in [6, 6.07) is 2.54. The molecule has 6 heteroatoms. The van der Waals surface area contributed by atoms with Gasteiger partial charge in [-0.25, -0.2) is 4.79 Å². The van der Waals surface area contributed by atoms with Crippen LogP contribution >= 0.6 is 0 Å². The van der Waals surface area contributed by atoms with Crippen LogP contribution in [0.3, 0.4) is 0 Å². The molecule has 0 fully saturated rings. The third kappa shape index (κ3) is 6.08. The molecule has 1 unspecified atom stereocenters. The highest BCUT2D eigenvalue weighted by Crippen LogP contribution is 2.14. The van der Waals surface area contributed by atoms with Crippen LogP contribution in [-0.4, -0.2) is 37.0 Å².